The first kappa shape index (κ1) is 14.7. The summed E-state index contributed by atoms with van der Waals surface area (Å²) in [4.78, 5) is 22.2. The number of ether oxygens (including phenoxy) is 1. The van der Waals surface area contributed by atoms with Gasteiger partial charge in [0, 0.05) is 17.7 Å². The molecule has 0 spiro atoms. The Hall–Kier alpha value is -2.69. The predicted octanol–water partition coefficient (Wildman–Crippen LogP) is 3.42. The normalized spacial score (nSPS) is 10.1. The average Bonchev–Trinajstić information content (AvgIpc) is 2.52. The van der Waals surface area contributed by atoms with E-state index in [1.54, 1.807) is 12.1 Å². The molecule has 0 fully saturated rings. The summed E-state index contributed by atoms with van der Waals surface area (Å²) in [6.45, 7) is 1.86. The third kappa shape index (κ3) is 3.66. The summed E-state index contributed by atoms with van der Waals surface area (Å²) >= 11 is 0. The van der Waals surface area contributed by atoms with Crippen LogP contribution in [0.5, 0.6) is 5.75 Å². The number of rotatable bonds is 6. The van der Waals surface area contributed by atoms with E-state index in [-0.39, 0.29) is 23.6 Å². The minimum Gasteiger partial charge on any atom is -0.485 e. The molecule has 2 aromatic rings. The number of benzene rings is 2. The van der Waals surface area contributed by atoms with Crippen molar-refractivity contribution < 1.29 is 14.5 Å². The highest BCUT2D eigenvalue weighted by atomic mass is 16.6. The number of carbonyl (C=O) groups is 1. The lowest BCUT2D eigenvalue weighted by molar-refractivity contribution is -0.384. The van der Waals surface area contributed by atoms with Crippen LogP contribution in [0.4, 0.5) is 5.69 Å². The van der Waals surface area contributed by atoms with Crippen LogP contribution >= 0.6 is 0 Å². The second-order valence-electron chi connectivity index (χ2n) is 4.48. The molecule has 5 nitrogen and oxygen atoms in total. The van der Waals surface area contributed by atoms with Gasteiger partial charge in [-0.1, -0.05) is 37.3 Å². The highest BCUT2D eigenvalue weighted by Crippen LogP contribution is 2.19. The van der Waals surface area contributed by atoms with Gasteiger partial charge in [0.1, 0.15) is 5.75 Å². The van der Waals surface area contributed by atoms with Crippen LogP contribution in [0.25, 0.3) is 0 Å². The lowest BCUT2D eigenvalue weighted by Crippen LogP contribution is -2.12. The van der Waals surface area contributed by atoms with Crippen LogP contribution in [0.1, 0.15) is 22.8 Å². The molecule has 2 rings (SSSR count). The van der Waals surface area contributed by atoms with E-state index in [0.717, 1.165) is 12.0 Å². The Balaban J connectivity index is 2.08. The quantitative estimate of drug-likeness (QED) is 0.463. The zero-order valence-electron chi connectivity index (χ0n) is 11.6. The van der Waals surface area contributed by atoms with E-state index in [4.69, 9.17) is 4.74 Å². The van der Waals surface area contributed by atoms with Crippen molar-refractivity contribution in [3.63, 3.8) is 0 Å². The SMILES string of the molecule is CCc1ccccc1OCC(=O)c1cccc([N+](=O)[O-])c1. The van der Waals surface area contributed by atoms with Crippen molar-refractivity contribution in [1.82, 2.24) is 0 Å². The zero-order chi connectivity index (χ0) is 15.2. The molecule has 0 saturated heterocycles. The molecule has 5 heteroatoms. The van der Waals surface area contributed by atoms with Gasteiger partial charge in [-0.05, 0) is 18.1 Å². The molecule has 0 N–H and O–H groups in total. The number of nitro benzene ring substituents is 1. The van der Waals surface area contributed by atoms with Gasteiger partial charge in [-0.3, -0.25) is 14.9 Å². The fraction of sp³-hybridized carbons (Fsp3) is 0.188. The number of hydrogen-bond acceptors (Lipinski definition) is 4. The number of Topliss-reactive ketones (excluding diaryl/α,β-unsaturated/α-hetero) is 1. The number of aryl methyl sites for hydroxylation is 1. The van der Waals surface area contributed by atoms with Gasteiger partial charge in [-0.15, -0.1) is 0 Å². The third-order valence-electron chi connectivity index (χ3n) is 3.09. The molecule has 0 aliphatic heterocycles. The van der Waals surface area contributed by atoms with E-state index < -0.39 is 4.92 Å². The second-order valence-corrected chi connectivity index (χ2v) is 4.48. The van der Waals surface area contributed by atoms with Crippen molar-refractivity contribution in [1.29, 1.82) is 0 Å². The molecule has 0 aliphatic rings. The maximum atomic E-state index is 12.0. The topological polar surface area (TPSA) is 69.4 Å². The summed E-state index contributed by atoms with van der Waals surface area (Å²) < 4.78 is 5.53. The van der Waals surface area contributed by atoms with Crippen molar-refractivity contribution in [3.05, 3.63) is 69.8 Å². The van der Waals surface area contributed by atoms with Gasteiger partial charge in [0.15, 0.2) is 12.4 Å². The standard InChI is InChI=1S/C16H15NO4/c1-2-12-6-3-4-9-16(12)21-11-15(18)13-7-5-8-14(10-13)17(19)20/h3-10H,2,11H2,1H3. The van der Waals surface area contributed by atoms with E-state index in [0.29, 0.717) is 5.75 Å². The Labute approximate surface area is 122 Å². The van der Waals surface area contributed by atoms with Crippen molar-refractivity contribution in [3.8, 4) is 5.75 Å². The van der Waals surface area contributed by atoms with Crippen LogP contribution in [-0.2, 0) is 6.42 Å². The first-order chi connectivity index (χ1) is 10.1. The lowest BCUT2D eigenvalue weighted by atomic mass is 10.1. The van der Waals surface area contributed by atoms with Crippen molar-refractivity contribution in [2.24, 2.45) is 0 Å². The Morgan fingerprint density at radius 3 is 2.67 bits per heavy atom. The van der Waals surface area contributed by atoms with Crippen LogP contribution in [0, 0.1) is 10.1 Å². The number of non-ortho nitro benzene ring substituents is 1. The smallest absolute Gasteiger partial charge is 0.270 e. The maximum absolute atomic E-state index is 12.0. The molecule has 0 unspecified atom stereocenters. The van der Waals surface area contributed by atoms with Gasteiger partial charge in [0.05, 0.1) is 4.92 Å². The van der Waals surface area contributed by atoms with Crippen LogP contribution in [0.2, 0.25) is 0 Å². The Morgan fingerprint density at radius 2 is 1.95 bits per heavy atom. The molecular formula is C16H15NO4. The van der Waals surface area contributed by atoms with Crippen LogP contribution in [0.15, 0.2) is 48.5 Å². The number of hydrogen-bond donors (Lipinski definition) is 0. The molecule has 0 aliphatic carbocycles. The Bertz CT molecular complexity index is 667. The fourth-order valence-electron chi connectivity index (χ4n) is 1.96. The Kier molecular flexibility index (Phi) is 4.66. The molecule has 21 heavy (non-hydrogen) atoms. The number of carbonyl (C=O) groups excluding carboxylic acids is 1. The molecule has 0 amide bonds. The van der Waals surface area contributed by atoms with Crippen LogP contribution < -0.4 is 4.74 Å². The van der Waals surface area contributed by atoms with Gasteiger partial charge in [0.25, 0.3) is 5.69 Å². The van der Waals surface area contributed by atoms with Crippen molar-refractivity contribution >= 4 is 11.5 Å². The van der Waals surface area contributed by atoms with Crippen molar-refractivity contribution in [2.75, 3.05) is 6.61 Å². The minimum absolute atomic E-state index is 0.102. The summed E-state index contributed by atoms with van der Waals surface area (Å²) in [6, 6.07) is 13.1. The van der Waals surface area contributed by atoms with Gasteiger partial charge < -0.3 is 4.74 Å². The number of para-hydroxylation sites is 1. The largest absolute Gasteiger partial charge is 0.485 e. The molecule has 0 heterocycles. The number of nitro groups is 1. The lowest BCUT2D eigenvalue weighted by Gasteiger charge is -2.09. The first-order valence-electron chi connectivity index (χ1n) is 6.60. The zero-order valence-corrected chi connectivity index (χ0v) is 11.6. The molecule has 0 radical (unpaired) electrons. The van der Waals surface area contributed by atoms with Gasteiger partial charge in [-0.25, -0.2) is 0 Å². The molecule has 108 valence electrons. The van der Waals surface area contributed by atoms with Gasteiger partial charge in [-0.2, -0.15) is 0 Å². The average molecular weight is 285 g/mol. The highest BCUT2D eigenvalue weighted by molar-refractivity contribution is 5.97. The molecule has 0 atom stereocenters. The summed E-state index contributed by atoms with van der Waals surface area (Å²) in [5.74, 6) is 0.378. The minimum atomic E-state index is -0.524. The Morgan fingerprint density at radius 1 is 1.19 bits per heavy atom. The second kappa shape index (κ2) is 6.65. The summed E-state index contributed by atoms with van der Waals surface area (Å²) in [5, 5.41) is 10.7. The molecule has 2 aromatic carbocycles. The molecule has 0 aromatic heterocycles. The van der Waals surface area contributed by atoms with Crippen LogP contribution in [0.3, 0.4) is 0 Å². The first-order valence-corrected chi connectivity index (χ1v) is 6.60. The summed E-state index contributed by atoms with van der Waals surface area (Å²) in [5.41, 5.74) is 1.19. The molecule has 0 bridgehead atoms. The number of nitrogens with zero attached hydrogens (tertiary/aromatic N) is 1. The van der Waals surface area contributed by atoms with E-state index in [1.165, 1.54) is 18.2 Å². The van der Waals surface area contributed by atoms with Crippen molar-refractivity contribution in [2.45, 2.75) is 13.3 Å². The van der Waals surface area contributed by atoms with Crippen LogP contribution in [-0.4, -0.2) is 17.3 Å². The predicted molar refractivity (Wildman–Crippen MR) is 78.7 cm³/mol. The van der Waals surface area contributed by atoms with Gasteiger partial charge >= 0.3 is 0 Å². The third-order valence-corrected chi connectivity index (χ3v) is 3.09. The number of ketones is 1. The summed E-state index contributed by atoms with van der Waals surface area (Å²) in [7, 11) is 0. The maximum Gasteiger partial charge on any atom is 0.270 e. The molecule has 0 saturated carbocycles. The van der Waals surface area contributed by atoms with E-state index >= 15 is 0 Å². The summed E-state index contributed by atoms with van der Waals surface area (Å²) in [6.07, 6.45) is 0.807. The van der Waals surface area contributed by atoms with Gasteiger partial charge in [0.2, 0.25) is 0 Å². The van der Waals surface area contributed by atoms with E-state index in [9.17, 15) is 14.9 Å². The fourth-order valence-corrected chi connectivity index (χ4v) is 1.96. The van der Waals surface area contributed by atoms with E-state index in [2.05, 4.69) is 0 Å². The van der Waals surface area contributed by atoms with E-state index in [1.807, 2.05) is 25.1 Å². The molecular weight excluding hydrogens is 270 g/mol. The monoisotopic (exact) mass is 285 g/mol. The highest BCUT2D eigenvalue weighted by Gasteiger charge is 2.12.